The van der Waals surface area contributed by atoms with Crippen LogP contribution in [-0.4, -0.2) is 31.6 Å². The van der Waals surface area contributed by atoms with Crippen molar-refractivity contribution in [2.45, 2.75) is 38.0 Å². The Morgan fingerprint density at radius 2 is 2.00 bits per heavy atom. The van der Waals surface area contributed by atoms with E-state index in [0.717, 1.165) is 19.8 Å². The molecule has 0 aromatic rings. The van der Waals surface area contributed by atoms with Crippen LogP contribution in [0.4, 0.5) is 0 Å². The highest BCUT2D eigenvalue weighted by atomic mass is 16.7. The van der Waals surface area contributed by atoms with Crippen LogP contribution in [0.15, 0.2) is 0 Å². The summed E-state index contributed by atoms with van der Waals surface area (Å²) in [5.41, 5.74) is 0. The Hall–Kier alpha value is -0.120. The minimum absolute atomic E-state index is 0.347. The summed E-state index contributed by atoms with van der Waals surface area (Å²) in [6.07, 6.45) is 3.75. The molecule has 1 unspecified atom stereocenters. The van der Waals surface area contributed by atoms with Crippen molar-refractivity contribution in [2.75, 3.05) is 19.8 Å². The van der Waals surface area contributed by atoms with Crippen LogP contribution in [0.3, 0.4) is 0 Å². The third-order valence-corrected chi connectivity index (χ3v) is 2.80. The van der Waals surface area contributed by atoms with Gasteiger partial charge in [-0.2, -0.15) is 0 Å². The number of nitrogens with one attached hydrogen (secondary N) is 1. The Morgan fingerprint density at radius 1 is 1.25 bits per heavy atom. The lowest BCUT2D eigenvalue weighted by molar-refractivity contribution is -0.168. The fraction of sp³-hybridized carbons (Fsp3) is 1.00. The first kappa shape index (κ1) is 8.48. The quantitative estimate of drug-likeness (QED) is 0.635. The summed E-state index contributed by atoms with van der Waals surface area (Å²) in [6, 6.07) is 0.397. The van der Waals surface area contributed by atoms with Gasteiger partial charge in [0.25, 0.3) is 0 Å². The molecule has 0 bridgehead atoms. The van der Waals surface area contributed by atoms with Crippen LogP contribution in [0.25, 0.3) is 0 Å². The number of ether oxygens (including phenoxy) is 2. The van der Waals surface area contributed by atoms with Crippen molar-refractivity contribution < 1.29 is 9.47 Å². The van der Waals surface area contributed by atoms with Crippen molar-refractivity contribution in [2.24, 2.45) is 0 Å². The van der Waals surface area contributed by atoms with E-state index in [1.165, 1.54) is 19.3 Å². The second-order valence-corrected chi connectivity index (χ2v) is 3.72. The SMILES string of the molecule is CC1(C2CCCCN2)OCCO1. The Labute approximate surface area is 73.4 Å². The van der Waals surface area contributed by atoms with E-state index in [4.69, 9.17) is 9.47 Å². The van der Waals surface area contributed by atoms with Gasteiger partial charge in [0.05, 0.1) is 19.3 Å². The largest absolute Gasteiger partial charge is 0.346 e. The molecule has 2 aliphatic rings. The Balaban J connectivity index is 1.96. The predicted molar refractivity (Wildman–Crippen MR) is 46.0 cm³/mol. The third-order valence-electron chi connectivity index (χ3n) is 2.80. The van der Waals surface area contributed by atoms with E-state index in [0.29, 0.717) is 6.04 Å². The lowest BCUT2D eigenvalue weighted by Crippen LogP contribution is -2.51. The molecule has 3 nitrogen and oxygen atoms in total. The van der Waals surface area contributed by atoms with Crippen LogP contribution >= 0.6 is 0 Å². The van der Waals surface area contributed by atoms with Gasteiger partial charge < -0.3 is 14.8 Å². The summed E-state index contributed by atoms with van der Waals surface area (Å²) in [5, 5.41) is 3.45. The van der Waals surface area contributed by atoms with E-state index in [1.54, 1.807) is 0 Å². The molecule has 2 aliphatic heterocycles. The molecule has 0 radical (unpaired) electrons. The highest BCUT2D eigenvalue weighted by Crippen LogP contribution is 2.27. The first-order valence-corrected chi connectivity index (χ1v) is 4.82. The average Bonchev–Trinajstić information content (AvgIpc) is 2.55. The minimum atomic E-state index is -0.347. The van der Waals surface area contributed by atoms with Crippen molar-refractivity contribution in [3.8, 4) is 0 Å². The van der Waals surface area contributed by atoms with Crippen molar-refractivity contribution >= 4 is 0 Å². The third kappa shape index (κ3) is 1.49. The standard InChI is InChI=1S/C9H17NO2/c1-9(11-6-7-12-9)8-4-2-3-5-10-8/h8,10H,2-7H2,1H3. The molecular formula is C9H17NO2. The Kier molecular flexibility index (Phi) is 2.35. The smallest absolute Gasteiger partial charge is 0.180 e. The van der Waals surface area contributed by atoms with Crippen LogP contribution < -0.4 is 5.32 Å². The van der Waals surface area contributed by atoms with Gasteiger partial charge in [0, 0.05) is 0 Å². The molecule has 0 aromatic heterocycles. The Bertz CT molecular complexity index is 149. The Morgan fingerprint density at radius 3 is 2.58 bits per heavy atom. The fourth-order valence-electron chi connectivity index (χ4n) is 2.03. The van der Waals surface area contributed by atoms with E-state index in [2.05, 4.69) is 5.32 Å². The lowest BCUT2D eigenvalue weighted by Gasteiger charge is -2.35. The van der Waals surface area contributed by atoms with Gasteiger partial charge in [0.15, 0.2) is 5.79 Å². The predicted octanol–water partition coefficient (Wildman–Crippen LogP) is 0.891. The maximum atomic E-state index is 5.60. The second kappa shape index (κ2) is 3.32. The summed E-state index contributed by atoms with van der Waals surface area (Å²) < 4.78 is 11.2. The summed E-state index contributed by atoms with van der Waals surface area (Å²) in [7, 11) is 0. The first-order valence-electron chi connectivity index (χ1n) is 4.82. The van der Waals surface area contributed by atoms with E-state index >= 15 is 0 Å². The molecule has 2 fully saturated rings. The highest BCUT2D eigenvalue weighted by molar-refractivity contribution is 4.86. The van der Waals surface area contributed by atoms with E-state index in [9.17, 15) is 0 Å². The normalized spacial score (nSPS) is 35.2. The number of hydrogen-bond acceptors (Lipinski definition) is 3. The molecular weight excluding hydrogens is 154 g/mol. The molecule has 0 saturated carbocycles. The maximum Gasteiger partial charge on any atom is 0.180 e. The maximum absolute atomic E-state index is 5.60. The molecule has 0 spiro atoms. The molecule has 2 saturated heterocycles. The summed E-state index contributed by atoms with van der Waals surface area (Å²) in [6.45, 7) is 4.64. The molecule has 0 aliphatic carbocycles. The van der Waals surface area contributed by atoms with Crippen LogP contribution in [0, 0.1) is 0 Å². The topological polar surface area (TPSA) is 30.5 Å². The molecule has 3 heteroatoms. The molecule has 1 N–H and O–H groups in total. The minimum Gasteiger partial charge on any atom is -0.346 e. The average molecular weight is 171 g/mol. The van der Waals surface area contributed by atoms with Gasteiger partial charge in [-0.15, -0.1) is 0 Å². The molecule has 2 rings (SSSR count). The fourth-order valence-corrected chi connectivity index (χ4v) is 2.03. The van der Waals surface area contributed by atoms with Crippen LogP contribution in [0.1, 0.15) is 26.2 Å². The summed E-state index contributed by atoms with van der Waals surface area (Å²) >= 11 is 0. The van der Waals surface area contributed by atoms with Gasteiger partial charge in [-0.3, -0.25) is 0 Å². The molecule has 70 valence electrons. The van der Waals surface area contributed by atoms with Crippen molar-refractivity contribution in [3.63, 3.8) is 0 Å². The molecule has 2 heterocycles. The van der Waals surface area contributed by atoms with Crippen molar-refractivity contribution in [1.82, 2.24) is 5.32 Å². The summed E-state index contributed by atoms with van der Waals surface area (Å²) in [5.74, 6) is -0.347. The van der Waals surface area contributed by atoms with Crippen LogP contribution in [-0.2, 0) is 9.47 Å². The summed E-state index contributed by atoms with van der Waals surface area (Å²) in [4.78, 5) is 0. The molecule has 12 heavy (non-hydrogen) atoms. The van der Waals surface area contributed by atoms with Crippen molar-refractivity contribution in [1.29, 1.82) is 0 Å². The van der Waals surface area contributed by atoms with Gasteiger partial charge in [0.2, 0.25) is 0 Å². The second-order valence-electron chi connectivity index (χ2n) is 3.72. The zero-order chi connectivity index (χ0) is 8.44. The van der Waals surface area contributed by atoms with Gasteiger partial charge in [-0.25, -0.2) is 0 Å². The zero-order valence-electron chi connectivity index (χ0n) is 7.64. The number of hydrogen-bond donors (Lipinski definition) is 1. The lowest BCUT2D eigenvalue weighted by atomic mass is 9.98. The number of rotatable bonds is 1. The monoisotopic (exact) mass is 171 g/mol. The molecule has 1 atom stereocenters. The van der Waals surface area contributed by atoms with Gasteiger partial charge in [-0.1, -0.05) is 6.42 Å². The van der Waals surface area contributed by atoms with E-state index in [1.807, 2.05) is 6.92 Å². The van der Waals surface area contributed by atoms with Gasteiger partial charge in [0.1, 0.15) is 0 Å². The number of piperidine rings is 1. The van der Waals surface area contributed by atoms with E-state index < -0.39 is 0 Å². The van der Waals surface area contributed by atoms with Gasteiger partial charge >= 0.3 is 0 Å². The zero-order valence-corrected chi connectivity index (χ0v) is 7.64. The molecule has 0 amide bonds. The van der Waals surface area contributed by atoms with Gasteiger partial charge in [-0.05, 0) is 26.3 Å². The van der Waals surface area contributed by atoms with Crippen molar-refractivity contribution in [3.05, 3.63) is 0 Å². The van der Waals surface area contributed by atoms with Crippen LogP contribution in [0.2, 0.25) is 0 Å². The van der Waals surface area contributed by atoms with Crippen LogP contribution in [0.5, 0.6) is 0 Å². The highest BCUT2D eigenvalue weighted by Gasteiger charge is 2.39. The first-order chi connectivity index (χ1) is 5.81. The van der Waals surface area contributed by atoms with E-state index in [-0.39, 0.29) is 5.79 Å². The molecule has 0 aromatic carbocycles.